The second-order valence-corrected chi connectivity index (χ2v) is 1.22. The molecule has 0 amide bonds. The minimum Gasteiger partial charge on any atom is -0.465 e. The molecule has 0 fully saturated rings. The molecule has 0 spiro atoms. The lowest BCUT2D eigenvalue weighted by molar-refractivity contribution is 0.557. The van der Waals surface area contributed by atoms with Crippen molar-refractivity contribution < 1.29 is 4.42 Å². The summed E-state index contributed by atoms with van der Waals surface area (Å²) in [6.07, 6.45) is 3.29. The molecule has 1 aromatic heterocycles. The smallest absolute Gasteiger partial charge is 0.126 e. The third kappa shape index (κ3) is 2.75. The second kappa shape index (κ2) is 5.16. The number of rotatable bonds is 1. The van der Waals surface area contributed by atoms with E-state index >= 15 is 0 Å². The van der Waals surface area contributed by atoms with Crippen LogP contribution in [0.4, 0.5) is 0 Å². The van der Waals surface area contributed by atoms with E-state index in [2.05, 4.69) is 6.58 Å². The molecule has 0 aliphatic heterocycles. The third-order valence-electron chi connectivity index (χ3n) is 0.744. The van der Waals surface area contributed by atoms with Crippen molar-refractivity contribution in [3.63, 3.8) is 0 Å². The maximum absolute atomic E-state index is 4.86. The molecule has 0 N–H and O–H groups in total. The van der Waals surface area contributed by atoms with Gasteiger partial charge in [0.15, 0.2) is 0 Å². The van der Waals surface area contributed by atoms with Crippen molar-refractivity contribution in [3.05, 3.63) is 30.7 Å². The highest BCUT2D eigenvalue weighted by Gasteiger charge is 1.80. The molecule has 0 saturated carbocycles. The fraction of sp³-hybridized carbons (Fsp3) is 0.250. The van der Waals surface area contributed by atoms with Crippen LogP contribution in [0.15, 0.2) is 29.4 Å². The Morgan fingerprint density at radius 2 is 2.22 bits per heavy atom. The van der Waals surface area contributed by atoms with Crippen LogP contribution >= 0.6 is 0 Å². The minimum atomic E-state index is 0.819. The van der Waals surface area contributed by atoms with Crippen LogP contribution < -0.4 is 0 Å². The van der Waals surface area contributed by atoms with Crippen LogP contribution in [0.5, 0.6) is 0 Å². The maximum atomic E-state index is 4.86. The summed E-state index contributed by atoms with van der Waals surface area (Å²) in [6.45, 7) is 7.51. The Morgan fingerprint density at radius 1 is 1.56 bits per heavy atom. The van der Waals surface area contributed by atoms with Gasteiger partial charge in [0.2, 0.25) is 0 Å². The Bertz CT molecular complexity index is 140. The Balaban J connectivity index is 0.000000291. The summed E-state index contributed by atoms with van der Waals surface area (Å²) >= 11 is 0. The maximum Gasteiger partial charge on any atom is 0.126 e. The Hall–Kier alpha value is -0.980. The van der Waals surface area contributed by atoms with Crippen LogP contribution in [0.25, 0.3) is 6.08 Å². The van der Waals surface area contributed by atoms with Gasteiger partial charge in [-0.25, -0.2) is 0 Å². The van der Waals surface area contributed by atoms with Crippen molar-refractivity contribution >= 4 is 6.08 Å². The van der Waals surface area contributed by atoms with E-state index < -0.39 is 0 Å². The topological polar surface area (TPSA) is 13.1 Å². The molecule has 1 aromatic rings. The first-order chi connectivity index (χ1) is 4.43. The molecular formula is C8H12O. The zero-order valence-corrected chi connectivity index (χ0v) is 5.92. The summed E-state index contributed by atoms with van der Waals surface area (Å²) in [4.78, 5) is 0. The highest BCUT2D eigenvalue weighted by Crippen LogP contribution is 1.98. The molecule has 0 atom stereocenters. The van der Waals surface area contributed by atoms with Gasteiger partial charge in [-0.05, 0) is 18.2 Å². The van der Waals surface area contributed by atoms with Crippen molar-refractivity contribution in [2.45, 2.75) is 13.8 Å². The lowest BCUT2D eigenvalue weighted by Gasteiger charge is -1.73. The SMILES string of the molecule is C=Cc1ccco1.CC. The van der Waals surface area contributed by atoms with Gasteiger partial charge in [-0.1, -0.05) is 20.4 Å². The van der Waals surface area contributed by atoms with E-state index in [0.717, 1.165) is 5.76 Å². The minimum absolute atomic E-state index is 0.819. The largest absolute Gasteiger partial charge is 0.465 e. The Morgan fingerprint density at radius 3 is 2.44 bits per heavy atom. The highest BCUT2D eigenvalue weighted by molar-refractivity contribution is 5.38. The zero-order chi connectivity index (χ0) is 7.11. The van der Waals surface area contributed by atoms with E-state index in [9.17, 15) is 0 Å². The fourth-order valence-electron chi connectivity index (χ4n) is 0.407. The first-order valence-electron chi connectivity index (χ1n) is 3.09. The first-order valence-corrected chi connectivity index (χ1v) is 3.09. The van der Waals surface area contributed by atoms with Crippen molar-refractivity contribution in [2.75, 3.05) is 0 Å². The summed E-state index contributed by atoms with van der Waals surface area (Å²) in [5.41, 5.74) is 0. The molecule has 0 aliphatic carbocycles. The molecule has 0 aromatic carbocycles. The van der Waals surface area contributed by atoms with Crippen LogP contribution in [0.2, 0.25) is 0 Å². The summed E-state index contributed by atoms with van der Waals surface area (Å²) in [6, 6.07) is 3.68. The van der Waals surface area contributed by atoms with E-state index in [4.69, 9.17) is 4.42 Å². The average Bonchev–Trinajstić information content (AvgIpc) is 2.43. The van der Waals surface area contributed by atoms with Crippen LogP contribution in [-0.2, 0) is 0 Å². The van der Waals surface area contributed by atoms with Gasteiger partial charge in [0.25, 0.3) is 0 Å². The first kappa shape index (κ1) is 8.02. The molecule has 0 radical (unpaired) electrons. The van der Waals surface area contributed by atoms with Gasteiger partial charge in [0.05, 0.1) is 6.26 Å². The monoisotopic (exact) mass is 124 g/mol. The normalized spacial score (nSPS) is 7.33. The molecule has 0 bridgehead atoms. The van der Waals surface area contributed by atoms with E-state index in [1.54, 1.807) is 12.3 Å². The van der Waals surface area contributed by atoms with E-state index in [0.29, 0.717) is 0 Å². The van der Waals surface area contributed by atoms with Gasteiger partial charge in [-0.15, -0.1) is 0 Å². The summed E-state index contributed by atoms with van der Waals surface area (Å²) in [7, 11) is 0. The molecule has 0 aliphatic rings. The van der Waals surface area contributed by atoms with Crippen molar-refractivity contribution in [3.8, 4) is 0 Å². The molecule has 0 unspecified atom stereocenters. The average molecular weight is 124 g/mol. The highest BCUT2D eigenvalue weighted by atomic mass is 16.3. The van der Waals surface area contributed by atoms with E-state index in [1.165, 1.54) is 0 Å². The van der Waals surface area contributed by atoms with Crippen LogP contribution in [0.1, 0.15) is 19.6 Å². The number of hydrogen-bond acceptors (Lipinski definition) is 1. The predicted molar refractivity (Wildman–Crippen MR) is 40.1 cm³/mol. The summed E-state index contributed by atoms with van der Waals surface area (Å²) in [5, 5.41) is 0. The molecule has 0 saturated heterocycles. The fourth-order valence-corrected chi connectivity index (χ4v) is 0.407. The molecule has 1 heterocycles. The van der Waals surface area contributed by atoms with E-state index in [-0.39, 0.29) is 0 Å². The van der Waals surface area contributed by atoms with Gasteiger partial charge in [-0.3, -0.25) is 0 Å². The van der Waals surface area contributed by atoms with Gasteiger partial charge >= 0.3 is 0 Å². The molecule has 1 heteroatoms. The molecule has 1 nitrogen and oxygen atoms in total. The summed E-state index contributed by atoms with van der Waals surface area (Å²) < 4.78 is 4.86. The molecule has 1 rings (SSSR count). The van der Waals surface area contributed by atoms with Crippen LogP contribution in [0.3, 0.4) is 0 Å². The van der Waals surface area contributed by atoms with Gasteiger partial charge < -0.3 is 4.42 Å². The summed E-state index contributed by atoms with van der Waals surface area (Å²) in [5.74, 6) is 0.819. The molecule has 50 valence electrons. The second-order valence-electron chi connectivity index (χ2n) is 1.22. The van der Waals surface area contributed by atoms with Crippen LogP contribution in [0, 0.1) is 0 Å². The van der Waals surface area contributed by atoms with Gasteiger partial charge in [0.1, 0.15) is 5.76 Å². The van der Waals surface area contributed by atoms with Gasteiger partial charge in [-0.2, -0.15) is 0 Å². The molecular weight excluding hydrogens is 112 g/mol. The van der Waals surface area contributed by atoms with Crippen molar-refractivity contribution in [1.29, 1.82) is 0 Å². The van der Waals surface area contributed by atoms with Crippen molar-refractivity contribution in [1.82, 2.24) is 0 Å². The number of furan rings is 1. The quantitative estimate of drug-likeness (QED) is 0.561. The number of hydrogen-bond donors (Lipinski definition) is 0. The zero-order valence-electron chi connectivity index (χ0n) is 5.92. The van der Waals surface area contributed by atoms with E-state index in [1.807, 2.05) is 26.0 Å². The Kier molecular flexibility index (Phi) is 4.60. The van der Waals surface area contributed by atoms with Gasteiger partial charge in [0, 0.05) is 0 Å². The van der Waals surface area contributed by atoms with Crippen molar-refractivity contribution in [2.24, 2.45) is 0 Å². The Labute approximate surface area is 56.0 Å². The third-order valence-corrected chi connectivity index (χ3v) is 0.744. The molecule has 9 heavy (non-hydrogen) atoms. The van der Waals surface area contributed by atoms with Crippen LogP contribution in [-0.4, -0.2) is 0 Å². The standard InChI is InChI=1S/C6H6O.C2H6/c1-2-6-4-3-5-7-6;1-2/h2-5H,1H2;1-2H3. The lowest BCUT2D eigenvalue weighted by Crippen LogP contribution is -1.50. The predicted octanol–water partition coefficient (Wildman–Crippen LogP) is 2.95. The lowest BCUT2D eigenvalue weighted by atomic mass is 10.5.